The first-order chi connectivity index (χ1) is 11.0. The molecule has 0 heterocycles. The molecule has 128 valence electrons. The Morgan fingerprint density at radius 3 is 2.48 bits per heavy atom. The number of aliphatic imine (C=N–C) groups is 1. The quantitative estimate of drug-likeness (QED) is 0.502. The summed E-state index contributed by atoms with van der Waals surface area (Å²) < 4.78 is 0.117. The highest BCUT2D eigenvalue weighted by Crippen LogP contribution is 2.19. The van der Waals surface area contributed by atoms with Crippen molar-refractivity contribution in [1.29, 1.82) is 0 Å². The van der Waals surface area contributed by atoms with Crippen LogP contribution in [-0.4, -0.2) is 42.5 Å². The second-order valence-corrected chi connectivity index (χ2v) is 7.29. The fourth-order valence-corrected chi connectivity index (χ4v) is 1.93. The van der Waals surface area contributed by atoms with Crippen molar-refractivity contribution in [2.45, 2.75) is 32.1 Å². The Balaban J connectivity index is 2.44. The van der Waals surface area contributed by atoms with Gasteiger partial charge in [-0.3, -0.25) is 4.79 Å². The number of benzene rings is 1. The Hall–Kier alpha value is -1.69. The first-order valence-electron chi connectivity index (χ1n) is 7.85. The van der Waals surface area contributed by atoms with E-state index in [-0.39, 0.29) is 17.2 Å². The van der Waals surface area contributed by atoms with Gasteiger partial charge in [0, 0.05) is 24.4 Å². The molecule has 1 amide bonds. The van der Waals surface area contributed by atoms with Crippen molar-refractivity contribution < 1.29 is 4.79 Å². The molecule has 0 saturated carbocycles. The van der Waals surface area contributed by atoms with Gasteiger partial charge in [0.05, 0.1) is 0 Å². The molecule has 0 atom stereocenters. The van der Waals surface area contributed by atoms with E-state index in [1.165, 1.54) is 0 Å². The number of carbonyl (C=O) groups is 1. The van der Waals surface area contributed by atoms with Gasteiger partial charge in [0.2, 0.25) is 5.91 Å². The van der Waals surface area contributed by atoms with Gasteiger partial charge in [-0.15, -0.1) is 0 Å². The van der Waals surface area contributed by atoms with E-state index in [9.17, 15) is 4.79 Å². The molecule has 5 nitrogen and oxygen atoms in total. The molecule has 0 fully saturated rings. The SMILES string of the molecule is CCNC(=NCC(=O)NCc1ccccc1)NCC(C)(C)SC. The van der Waals surface area contributed by atoms with Crippen LogP contribution in [0.2, 0.25) is 0 Å². The molecule has 0 bridgehead atoms. The molecule has 1 aromatic carbocycles. The molecule has 0 saturated heterocycles. The summed E-state index contributed by atoms with van der Waals surface area (Å²) in [5, 5.41) is 9.31. The number of hydrogen-bond donors (Lipinski definition) is 3. The van der Waals surface area contributed by atoms with Gasteiger partial charge < -0.3 is 16.0 Å². The van der Waals surface area contributed by atoms with Crippen LogP contribution >= 0.6 is 11.8 Å². The van der Waals surface area contributed by atoms with Crippen LogP contribution in [0, 0.1) is 0 Å². The van der Waals surface area contributed by atoms with Gasteiger partial charge >= 0.3 is 0 Å². The summed E-state index contributed by atoms with van der Waals surface area (Å²) in [6, 6.07) is 9.85. The van der Waals surface area contributed by atoms with E-state index >= 15 is 0 Å². The van der Waals surface area contributed by atoms with Crippen molar-refractivity contribution in [1.82, 2.24) is 16.0 Å². The third-order valence-corrected chi connectivity index (χ3v) is 4.54. The molecule has 1 rings (SSSR count). The monoisotopic (exact) mass is 336 g/mol. The molecule has 0 aliphatic heterocycles. The zero-order valence-electron chi connectivity index (χ0n) is 14.5. The maximum Gasteiger partial charge on any atom is 0.242 e. The lowest BCUT2D eigenvalue weighted by Gasteiger charge is -2.23. The zero-order chi connectivity index (χ0) is 17.1. The van der Waals surface area contributed by atoms with Gasteiger partial charge in [-0.1, -0.05) is 30.3 Å². The van der Waals surface area contributed by atoms with Gasteiger partial charge in [0.25, 0.3) is 0 Å². The topological polar surface area (TPSA) is 65.5 Å². The number of rotatable bonds is 8. The smallest absolute Gasteiger partial charge is 0.242 e. The molecule has 23 heavy (non-hydrogen) atoms. The van der Waals surface area contributed by atoms with Crippen molar-refractivity contribution in [3.8, 4) is 0 Å². The molecule has 1 aromatic rings. The molecule has 3 N–H and O–H groups in total. The predicted molar refractivity (Wildman–Crippen MR) is 99.9 cm³/mol. The number of guanidine groups is 1. The van der Waals surface area contributed by atoms with E-state index in [0.29, 0.717) is 12.5 Å². The molecule has 0 aromatic heterocycles. The van der Waals surface area contributed by atoms with Crippen molar-refractivity contribution >= 4 is 23.6 Å². The van der Waals surface area contributed by atoms with E-state index in [1.807, 2.05) is 37.3 Å². The molecular weight excluding hydrogens is 308 g/mol. The Labute approximate surface area is 143 Å². The zero-order valence-corrected chi connectivity index (χ0v) is 15.3. The largest absolute Gasteiger partial charge is 0.357 e. The molecule has 0 radical (unpaired) electrons. The number of nitrogens with one attached hydrogen (secondary N) is 3. The average molecular weight is 337 g/mol. The molecule has 0 spiro atoms. The molecule has 0 unspecified atom stereocenters. The highest BCUT2D eigenvalue weighted by Gasteiger charge is 2.16. The van der Waals surface area contributed by atoms with E-state index < -0.39 is 0 Å². The normalized spacial score (nSPS) is 11.9. The van der Waals surface area contributed by atoms with Gasteiger partial charge in [-0.25, -0.2) is 4.99 Å². The molecule has 0 aliphatic carbocycles. The summed E-state index contributed by atoms with van der Waals surface area (Å²) in [7, 11) is 0. The number of hydrogen-bond acceptors (Lipinski definition) is 3. The van der Waals surface area contributed by atoms with Crippen LogP contribution < -0.4 is 16.0 Å². The third-order valence-electron chi connectivity index (χ3n) is 3.29. The minimum absolute atomic E-state index is 0.0878. The second kappa shape index (κ2) is 10.2. The summed E-state index contributed by atoms with van der Waals surface area (Å²) in [5.74, 6) is 0.583. The summed E-state index contributed by atoms with van der Waals surface area (Å²) in [6.45, 7) is 8.53. The minimum Gasteiger partial charge on any atom is -0.357 e. The third kappa shape index (κ3) is 8.50. The molecular formula is C17H28N4OS. The van der Waals surface area contributed by atoms with Crippen LogP contribution in [0.5, 0.6) is 0 Å². The fourth-order valence-electron chi connectivity index (χ4n) is 1.71. The van der Waals surface area contributed by atoms with E-state index in [0.717, 1.165) is 18.7 Å². The lowest BCUT2D eigenvalue weighted by atomic mass is 10.2. The summed E-state index contributed by atoms with van der Waals surface area (Å²) in [4.78, 5) is 16.2. The highest BCUT2D eigenvalue weighted by atomic mass is 32.2. The van der Waals surface area contributed by atoms with Gasteiger partial charge in [-0.05, 0) is 32.6 Å². The Bertz CT molecular complexity index is 503. The Morgan fingerprint density at radius 2 is 1.87 bits per heavy atom. The highest BCUT2D eigenvalue weighted by molar-refractivity contribution is 7.99. The van der Waals surface area contributed by atoms with E-state index in [4.69, 9.17) is 0 Å². The first kappa shape index (κ1) is 19.4. The second-order valence-electron chi connectivity index (χ2n) is 5.77. The number of amides is 1. The predicted octanol–water partition coefficient (Wildman–Crippen LogP) is 2.00. The van der Waals surface area contributed by atoms with Crippen LogP contribution in [0.25, 0.3) is 0 Å². The van der Waals surface area contributed by atoms with Crippen LogP contribution in [0.1, 0.15) is 26.3 Å². The number of nitrogens with zero attached hydrogens (tertiary/aromatic N) is 1. The number of carbonyl (C=O) groups excluding carboxylic acids is 1. The maximum atomic E-state index is 11.9. The Morgan fingerprint density at radius 1 is 1.17 bits per heavy atom. The average Bonchev–Trinajstić information content (AvgIpc) is 2.56. The standard InChI is InChI=1S/C17H28N4OS/c1-5-18-16(21-13-17(2,3)23-4)20-12-15(22)19-11-14-9-7-6-8-10-14/h6-10H,5,11-13H2,1-4H3,(H,19,22)(H2,18,20,21). The van der Waals surface area contributed by atoms with Crippen LogP contribution in [0.15, 0.2) is 35.3 Å². The minimum atomic E-state index is -0.0878. The molecule has 6 heteroatoms. The van der Waals surface area contributed by atoms with Crippen molar-refractivity contribution in [3.63, 3.8) is 0 Å². The summed E-state index contributed by atoms with van der Waals surface area (Å²) in [6.07, 6.45) is 2.09. The van der Waals surface area contributed by atoms with Crippen LogP contribution in [-0.2, 0) is 11.3 Å². The van der Waals surface area contributed by atoms with E-state index in [2.05, 4.69) is 41.0 Å². The lowest BCUT2D eigenvalue weighted by Crippen LogP contribution is -2.43. The first-order valence-corrected chi connectivity index (χ1v) is 9.07. The molecule has 0 aliphatic rings. The van der Waals surface area contributed by atoms with Gasteiger partial charge in [0.1, 0.15) is 6.54 Å². The number of thioether (sulfide) groups is 1. The fraction of sp³-hybridized carbons (Fsp3) is 0.529. The van der Waals surface area contributed by atoms with Crippen molar-refractivity contribution in [2.24, 2.45) is 4.99 Å². The van der Waals surface area contributed by atoms with Gasteiger partial charge in [0.15, 0.2) is 5.96 Å². The van der Waals surface area contributed by atoms with Crippen LogP contribution in [0.3, 0.4) is 0 Å². The Kier molecular flexibility index (Phi) is 8.55. The van der Waals surface area contributed by atoms with Crippen LogP contribution in [0.4, 0.5) is 0 Å². The van der Waals surface area contributed by atoms with Crippen molar-refractivity contribution in [2.75, 3.05) is 25.9 Å². The lowest BCUT2D eigenvalue weighted by molar-refractivity contribution is -0.119. The van der Waals surface area contributed by atoms with Gasteiger partial charge in [-0.2, -0.15) is 11.8 Å². The summed E-state index contributed by atoms with van der Waals surface area (Å²) >= 11 is 1.79. The maximum absolute atomic E-state index is 11.9. The van der Waals surface area contributed by atoms with Crippen molar-refractivity contribution in [3.05, 3.63) is 35.9 Å². The van der Waals surface area contributed by atoms with E-state index in [1.54, 1.807) is 11.8 Å². The summed E-state index contributed by atoms with van der Waals surface area (Å²) in [5.41, 5.74) is 1.08.